The average molecular weight is 355 g/mol. The molecule has 0 unspecified atom stereocenters. The standard InChI is InChI=1S/C25H19Cl/c1-25(2)22-13-18-11-7-6-10-17(18)12-21(22)24-20(14-19(26)15-23(24)25)16-8-4-3-5-9-16/h3-15H,1-2H3. The van der Waals surface area contributed by atoms with Crippen molar-refractivity contribution < 1.29 is 0 Å². The third kappa shape index (κ3) is 2.15. The summed E-state index contributed by atoms with van der Waals surface area (Å²) in [5, 5.41) is 3.37. The van der Waals surface area contributed by atoms with Gasteiger partial charge in [0.15, 0.2) is 0 Å². The summed E-state index contributed by atoms with van der Waals surface area (Å²) in [6, 6.07) is 28.1. The number of halogens is 1. The van der Waals surface area contributed by atoms with Gasteiger partial charge in [0.2, 0.25) is 0 Å². The average Bonchev–Trinajstić information content (AvgIpc) is 2.87. The van der Waals surface area contributed by atoms with E-state index >= 15 is 0 Å². The van der Waals surface area contributed by atoms with Crippen LogP contribution in [0.2, 0.25) is 5.02 Å². The molecule has 0 aliphatic heterocycles. The van der Waals surface area contributed by atoms with Gasteiger partial charge in [-0.3, -0.25) is 0 Å². The van der Waals surface area contributed by atoms with E-state index in [2.05, 4.69) is 92.7 Å². The topological polar surface area (TPSA) is 0 Å². The van der Waals surface area contributed by atoms with Gasteiger partial charge < -0.3 is 0 Å². The molecule has 0 aromatic heterocycles. The third-order valence-corrected chi connectivity index (χ3v) is 5.91. The Morgan fingerprint density at radius 2 is 1.31 bits per heavy atom. The molecule has 1 heteroatoms. The van der Waals surface area contributed by atoms with E-state index in [1.165, 1.54) is 44.2 Å². The highest BCUT2D eigenvalue weighted by Crippen LogP contribution is 2.53. The summed E-state index contributed by atoms with van der Waals surface area (Å²) in [5.41, 5.74) is 7.71. The fraction of sp³-hybridized carbons (Fsp3) is 0.120. The fourth-order valence-corrected chi connectivity index (χ4v) is 4.56. The lowest BCUT2D eigenvalue weighted by atomic mass is 9.81. The Balaban J connectivity index is 1.91. The molecule has 126 valence electrons. The van der Waals surface area contributed by atoms with Crippen LogP contribution in [0.5, 0.6) is 0 Å². The van der Waals surface area contributed by atoms with Crippen molar-refractivity contribution >= 4 is 22.4 Å². The predicted octanol–water partition coefficient (Wildman–Crippen LogP) is 7.47. The first-order chi connectivity index (χ1) is 12.6. The molecule has 0 N–H and O–H groups in total. The number of fused-ring (bicyclic) bond motifs is 4. The maximum Gasteiger partial charge on any atom is 0.0415 e. The summed E-state index contributed by atoms with van der Waals surface area (Å²) in [5.74, 6) is 0. The second-order valence-electron chi connectivity index (χ2n) is 7.61. The van der Waals surface area contributed by atoms with Crippen molar-refractivity contribution in [3.8, 4) is 22.3 Å². The summed E-state index contributed by atoms with van der Waals surface area (Å²) < 4.78 is 0. The molecule has 0 atom stereocenters. The molecule has 0 spiro atoms. The first-order valence-corrected chi connectivity index (χ1v) is 9.36. The Morgan fingerprint density at radius 1 is 0.654 bits per heavy atom. The zero-order valence-electron chi connectivity index (χ0n) is 14.9. The summed E-state index contributed by atoms with van der Waals surface area (Å²) in [6.07, 6.45) is 0. The highest BCUT2D eigenvalue weighted by Gasteiger charge is 2.37. The van der Waals surface area contributed by atoms with Gasteiger partial charge in [-0.25, -0.2) is 0 Å². The molecular weight excluding hydrogens is 336 g/mol. The van der Waals surface area contributed by atoms with E-state index in [4.69, 9.17) is 11.6 Å². The van der Waals surface area contributed by atoms with Crippen molar-refractivity contribution in [3.05, 3.63) is 95.0 Å². The Morgan fingerprint density at radius 3 is 2.04 bits per heavy atom. The minimum absolute atomic E-state index is 0.0663. The number of benzene rings is 4. The highest BCUT2D eigenvalue weighted by atomic mass is 35.5. The summed E-state index contributed by atoms with van der Waals surface area (Å²) in [7, 11) is 0. The molecule has 4 aromatic carbocycles. The summed E-state index contributed by atoms with van der Waals surface area (Å²) >= 11 is 6.55. The van der Waals surface area contributed by atoms with Crippen LogP contribution in [0.4, 0.5) is 0 Å². The lowest BCUT2D eigenvalue weighted by Crippen LogP contribution is -2.15. The van der Waals surface area contributed by atoms with Crippen LogP contribution in [0.3, 0.4) is 0 Å². The number of hydrogen-bond acceptors (Lipinski definition) is 0. The summed E-state index contributed by atoms with van der Waals surface area (Å²) in [4.78, 5) is 0. The van der Waals surface area contributed by atoms with Crippen LogP contribution in [0.15, 0.2) is 78.9 Å². The zero-order valence-corrected chi connectivity index (χ0v) is 15.6. The van der Waals surface area contributed by atoms with Gasteiger partial charge in [0.1, 0.15) is 0 Å². The molecule has 26 heavy (non-hydrogen) atoms. The van der Waals surface area contributed by atoms with Crippen LogP contribution in [-0.4, -0.2) is 0 Å². The minimum Gasteiger partial charge on any atom is -0.0843 e. The van der Waals surface area contributed by atoms with Gasteiger partial charge in [0.25, 0.3) is 0 Å². The lowest BCUT2D eigenvalue weighted by Gasteiger charge is -2.22. The largest absolute Gasteiger partial charge is 0.0843 e. The quantitative estimate of drug-likeness (QED) is 0.332. The van der Waals surface area contributed by atoms with Crippen molar-refractivity contribution in [2.45, 2.75) is 19.3 Å². The fourth-order valence-electron chi connectivity index (χ4n) is 4.34. The first kappa shape index (κ1) is 15.7. The second-order valence-corrected chi connectivity index (χ2v) is 8.05. The molecule has 4 aromatic rings. The van der Waals surface area contributed by atoms with Gasteiger partial charge in [-0.1, -0.05) is 80.0 Å². The van der Waals surface area contributed by atoms with Gasteiger partial charge in [-0.05, 0) is 68.4 Å². The Bertz CT molecular complexity index is 1150. The molecule has 0 radical (unpaired) electrons. The molecule has 0 heterocycles. The van der Waals surface area contributed by atoms with Crippen LogP contribution in [0.1, 0.15) is 25.0 Å². The monoisotopic (exact) mass is 354 g/mol. The van der Waals surface area contributed by atoms with E-state index in [0.29, 0.717) is 0 Å². The summed E-state index contributed by atoms with van der Waals surface area (Å²) in [6.45, 7) is 4.61. The second kappa shape index (κ2) is 5.46. The van der Waals surface area contributed by atoms with E-state index in [0.717, 1.165) is 5.02 Å². The molecule has 5 rings (SSSR count). The van der Waals surface area contributed by atoms with Gasteiger partial charge in [-0.15, -0.1) is 0 Å². The van der Waals surface area contributed by atoms with E-state index in [-0.39, 0.29) is 5.41 Å². The molecule has 0 amide bonds. The smallest absolute Gasteiger partial charge is 0.0415 e. The van der Waals surface area contributed by atoms with Gasteiger partial charge in [0.05, 0.1) is 0 Å². The van der Waals surface area contributed by atoms with Crippen LogP contribution < -0.4 is 0 Å². The molecule has 0 bridgehead atoms. The van der Waals surface area contributed by atoms with Crippen molar-refractivity contribution in [2.75, 3.05) is 0 Å². The van der Waals surface area contributed by atoms with Crippen molar-refractivity contribution in [1.29, 1.82) is 0 Å². The molecule has 1 aliphatic carbocycles. The lowest BCUT2D eigenvalue weighted by molar-refractivity contribution is 0.661. The first-order valence-electron chi connectivity index (χ1n) is 8.99. The van der Waals surface area contributed by atoms with E-state index in [1.807, 2.05) is 0 Å². The molecule has 0 saturated heterocycles. The van der Waals surface area contributed by atoms with E-state index < -0.39 is 0 Å². The maximum atomic E-state index is 6.55. The normalized spacial score (nSPS) is 14.3. The van der Waals surface area contributed by atoms with Gasteiger partial charge in [-0.2, -0.15) is 0 Å². The molecular formula is C25H19Cl. The van der Waals surface area contributed by atoms with Crippen LogP contribution in [0, 0.1) is 0 Å². The Labute approximate surface area is 159 Å². The molecule has 0 nitrogen and oxygen atoms in total. The highest BCUT2D eigenvalue weighted by molar-refractivity contribution is 6.31. The Kier molecular flexibility index (Phi) is 3.29. The third-order valence-electron chi connectivity index (χ3n) is 5.69. The van der Waals surface area contributed by atoms with Crippen molar-refractivity contribution in [3.63, 3.8) is 0 Å². The maximum absolute atomic E-state index is 6.55. The number of rotatable bonds is 1. The van der Waals surface area contributed by atoms with Crippen LogP contribution in [-0.2, 0) is 5.41 Å². The zero-order chi connectivity index (χ0) is 17.9. The molecule has 1 aliphatic rings. The van der Waals surface area contributed by atoms with E-state index in [1.54, 1.807) is 0 Å². The van der Waals surface area contributed by atoms with Crippen LogP contribution in [0.25, 0.3) is 33.0 Å². The Hall–Kier alpha value is -2.57. The van der Waals surface area contributed by atoms with Gasteiger partial charge in [0, 0.05) is 10.4 Å². The van der Waals surface area contributed by atoms with Gasteiger partial charge >= 0.3 is 0 Å². The number of hydrogen-bond donors (Lipinski definition) is 0. The van der Waals surface area contributed by atoms with Crippen LogP contribution >= 0.6 is 11.6 Å². The van der Waals surface area contributed by atoms with E-state index in [9.17, 15) is 0 Å². The van der Waals surface area contributed by atoms with Crippen molar-refractivity contribution in [2.24, 2.45) is 0 Å². The predicted molar refractivity (Wildman–Crippen MR) is 112 cm³/mol. The molecule has 0 saturated carbocycles. The van der Waals surface area contributed by atoms with Crippen molar-refractivity contribution in [1.82, 2.24) is 0 Å². The molecule has 0 fully saturated rings. The SMILES string of the molecule is CC1(C)c2cc3ccccc3cc2-c2c(-c3ccccc3)cc(Cl)cc21. The minimum atomic E-state index is -0.0663.